The minimum atomic E-state index is -0.320. The fourth-order valence-electron chi connectivity index (χ4n) is 5.79. The van der Waals surface area contributed by atoms with E-state index < -0.39 is 0 Å². The van der Waals surface area contributed by atoms with Gasteiger partial charge >= 0.3 is 0 Å². The van der Waals surface area contributed by atoms with Crippen LogP contribution in [-0.4, -0.2) is 40.9 Å². The molecule has 3 aliphatic heterocycles. The molecular weight excluding hydrogens is 359 g/mol. The summed E-state index contributed by atoms with van der Waals surface area (Å²) >= 11 is 0. The van der Waals surface area contributed by atoms with E-state index in [2.05, 4.69) is 12.2 Å². The van der Waals surface area contributed by atoms with Crippen LogP contribution < -0.4 is 10.1 Å². The van der Waals surface area contributed by atoms with Crippen molar-refractivity contribution in [2.75, 3.05) is 13.1 Å². The van der Waals surface area contributed by atoms with E-state index in [0.29, 0.717) is 12.3 Å². The zero-order valence-corrected chi connectivity index (χ0v) is 16.3. The summed E-state index contributed by atoms with van der Waals surface area (Å²) in [6.45, 7) is 3.62. The number of hydrogen-bond donors (Lipinski definition) is 1. The standard InChI is InChI=1S/C22H27FN2O3/c1-21(11-14-10-17(23)2-3-18(14)28-21)16-5-8-25(9-6-16)20(27)15-12-22(13-15)7-4-19(26)24-22/h2-3,10,15-16H,4-9,11-13H2,1H3,(H,24,26)/t15-,21?,22-. The van der Waals surface area contributed by atoms with Crippen LogP contribution in [0.1, 0.15) is 51.0 Å². The third-order valence-corrected chi connectivity index (χ3v) is 7.44. The number of piperidine rings is 1. The van der Waals surface area contributed by atoms with Crippen LogP contribution in [0.2, 0.25) is 0 Å². The van der Waals surface area contributed by atoms with E-state index in [-0.39, 0.29) is 34.7 Å². The Labute approximate surface area is 164 Å². The fourth-order valence-corrected chi connectivity index (χ4v) is 5.79. The summed E-state index contributed by atoms with van der Waals surface area (Å²) in [6.07, 6.45) is 5.59. The first-order valence-corrected chi connectivity index (χ1v) is 10.4. The Morgan fingerprint density at radius 2 is 2.04 bits per heavy atom. The molecule has 1 saturated carbocycles. The van der Waals surface area contributed by atoms with Gasteiger partial charge in [0, 0.05) is 48.9 Å². The van der Waals surface area contributed by atoms with Crippen molar-refractivity contribution in [2.45, 2.75) is 63.0 Å². The van der Waals surface area contributed by atoms with Gasteiger partial charge in [0.2, 0.25) is 11.8 Å². The minimum Gasteiger partial charge on any atom is -0.487 e. The van der Waals surface area contributed by atoms with Gasteiger partial charge in [-0.3, -0.25) is 9.59 Å². The number of hydrogen-bond acceptors (Lipinski definition) is 3. The fraction of sp³-hybridized carbons (Fsp3) is 0.636. The highest BCUT2D eigenvalue weighted by Crippen LogP contribution is 2.46. The van der Waals surface area contributed by atoms with Crippen LogP contribution in [0.15, 0.2) is 18.2 Å². The number of ether oxygens (including phenoxy) is 1. The topological polar surface area (TPSA) is 58.6 Å². The predicted molar refractivity (Wildman–Crippen MR) is 101 cm³/mol. The monoisotopic (exact) mass is 386 g/mol. The Kier molecular flexibility index (Phi) is 3.97. The van der Waals surface area contributed by atoms with Gasteiger partial charge in [0.05, 0.1) is 0 Å². The van der Waals surface area contributed by atoms with Crippen LogP contribution in [0.25, 0.3) is 0 Å². The molecule has 1 aromatic rings. The predicted octanol–water partition coefficient (Wildman–Crippen LogP) is 2.82. The maximum Gasteiger partial charge on any atom is 0.225 e. The van der Waals surface area contributed by atoms with Crippen LogP contribution in [0.4, 0.5) is 4.39 Å². The van der Waals surface area contributed by atoms with Crippen molar-refractivity contribution in [1.82, 2.24) is 10.2 Å². The molecule has 2 saturated heterocycles. The molecule has 0 radical (unpaired) electrons. The molecule has 0 aromatic heterocycles. The van der Waals surface area contributed by atoms with Crippen LogP contribution >= 0.6 is 0 Å². The summed E-state index contributed by atoms with van der Waals surface area (Å²) in [5, 5.41) is 3.06. The summed E-state index contributed by atoms with van der Waals surface area (Å²) < 4.78 is 19.7. The van der Waals surface area contributed by atoms with Gasteiger partial charge in [-0.2, -0.15) is 0 Å². The molecule has 1 spiro atoms. The van der Waals surface area contributed by atoms with E-state index in [1.54, 1.807) is 12.1 Å². The zero-order chi connectivity index (χ0) is 19.5. The van der Waals surface area contributed by atoms with Crippen LogP contribution in [0, 0.1) is 17.7 Å². The average Bonchev–Trinajstić information content (AvgIpc) is 3.20. The second kappa shape index (κ2) is 6.19. The highest BCUT2D eigenvalue weighted by atomic mass is 19.1. The Morgan fingerprint density at radius 1 is 1.29 bits per heavy atom. The average molecular weight is 386 g/mol. The summed E-state index contributed by atoms with van der Waals surface area (Å²) in [5.74, 6) is 1.35. The van der Waals surface area contributed by atoms with Crippen molar-refractivity contribution in [3.05, 3.63) is 29.6 Å². The summed E-state index contributed by atoms with van der Waals surface area (Å²) in [4.78, 5) is 26.3. The van der Waals surface area contributed by atoms with Crippen molar-refractivity contribution in [3.8, 4) is 5.75 Å². The molecule has 4 aliphatic rings. The number of carbonyl (C=O) groups excluding carboxylic acids is 2. The van der Waals surface area contributed by atoms with Crippen molar-refractivity contribution in [2.24, 2.45) is 11.8 Å². The molecule has 6 heteroatoms. The number of nitrogens with one attached hydrogen (secondary N) is 1. The molecule has 5 rings (SSSR count). The summed E-state index contributed by atoms with van der Waals surface area (Å²) in [6, 6.07) is 4.75. The molecule has 1 atom stereocenters. The van der Waals surface area contributed by atoms with E-state index in [9.17, 15) is 14.0 Å². The lowest BCUT2D eigenvalue weighted by Crippen LogP contribution is -2.58. The second-order valence-electron chi connectivity index (χ2n) is 9.38. The molecule has 1 N–H and O–H groups in total. The van der Waals surface area contributed by atoms with E-state index in [0.717, 1.165) is 62.9 Å². The number of nitrogens with zero attached hydrogens (tertiary/aromatic N) is 1. The Morgan fingerprint density at radius 3 is 2.71 bits per heavy atom. The normalized spacial score (nSPS) is 34.7. The number of fused-ring (bicyclic) bond motifs is 1. The first-order valence-electron chi connectivity index (χ1n) is 10.4. The number of carbonyl (C=O) groups is 2. The highest BCUT2D eigenvalue weighted by molar-refractivity contribution is 5.83. The second-order valence-corrected chi connectivity index (χ2v) is 9.38. The van der Waals surface area contributed by atoms with Gasteiger partial charge < -0.3 is 15.0 Å². The smallest absolute Gasteiger partial charge is 0.225 e. The van der Waals surface area contributed by atoms with E-state index >= 15 is 0 Å². The lowest BCUT2D eigenvalue weighted by atomic mass is 9.67. The molecule has 3 fully saturated rings. The maximum atomic E-state index is 13.5. The Bertz CT molecular complexity index is 827. The molecule has 1 aliphatic carbocycles. The lowest BCUT2D eigenvalue weighted by molar-refractivity contribution is -0.144. The molecule has 28 heavy (non-hydrogen) atoms. The molecule has 5 nitrogen and oxygen atoms in total. The maximum absolute atomic E-state index is 13.5. The third kappa shape index (κ3) is 2.88. The van der Waals surface area contributed by atoms with Gasteiger partial charge in [-0.1, -0.05) is 0 Å². The summed E-state index contributed by atoms with van der Waals surface area (Å²) in [5.41, 5.74) is 0.529. The van der Waals surface area contributed by atoms with Gasteiger partial charge in [0.15, 0.2) is 0 Å². The largest absolute Gasteiger partial charge is 0.487 e. The first-order chi connectivity index (χ1) is 13.4. The Hall–Kier alpha value is -2.11. The van der Waals surface area contributed by atoms with Crippen molar-refractivity contribution in [1.29, 1.82) is 0 Å². The lowest BCUT2D eigenvalue weighted by Gasteiger charge is -2.47. The van der Waals surface area contributed by atoms with Crippen LogP contribution in [0.3, 0.4) is 0 Å². The van der Waals surface area contributed by atoms with Crippen LogP contribution in [0.5, 0.6) is 5.75 Å². The zero-order valence-electron chi connectivity index (χ0n) is 16.3. The van der Waals surface area contributed by atoms with E-state index in [4.69, 9.17) is 4.74 Å². The Balaban J connectivity index is 1.16. The summed E-state index contributed by atoms with van der Waals surface area (Å²) in [7, 11) is 0. The van der Waals surface area contributed by atoms with Crippen molar-refractivity contribution in [3.63, 3.8) is 0 Å². The van der Waals surface area contributed by atoms with Gasteiger partial charge in [0.25, 0.3) is 0 Å². The number of likely N-dealkylation sites (tertiary alicyclic amines) is 1. The third-order valence-electron chi connectivity index (χ3n) is 7.44. The number of benzene rings is 1. The quantitative estimate of drug-likeness (QED) is 0.850. The van der Waals surface area contributed by atoms with Crippen molar-refractivity contribution < 1.29 is 18.7 Å². The molecule has 1 unspecified atom stereocenters. The van der Waals surface area contributed by atoms with Crippen LogP contribution in [-0.2, 0) is 16.0 Å². The van der Waals surface area contributed by atoms with Gasteiger partial charge in [0.1, 0.15) is 17.2 Å². The first kappa shape index (κ1) is 18.0. The molecule has 150 valence electrons. The van der Waals surface area contributed by atoms with Gasteiger partial charge in [-0.15, -0.1) is 0 Å². The SMILES string of the molecule is CC1(C2CCN(C(=O)[C@H]3C[C@@]4(CCC(=O)N4)C3)CC2)Cc2cc(F)ccc2O1. The molecule has 3 heterocycles. The number of halogens is 1. The van der Waals surface area contributed by atoms with Gasteiger partial charge in [-0.25, -0.2) is 4.39 Å². The molecule has 1 aromatic carbocycles. The molecule has 0 bridgehead atoms. The van der Waals surface area contributed by atoms with E-state index in [1.165, 1.54) is 6.07 Å². The van der Waals surface area contributed by atoms with Gasteiger partial charge in [-0.05, 0) is 57.2 Å². The molecular formula is C22H27FN2O3. The van der Waals surface area contributed by atoms with E-state index in [1.807, 2.05) is 4.90 Å². The number of amides is 2. The molecule has 2 amide bonds. The number of rotatable bonds is 2. The minimum absolute atomic E-state index is 0.0560. The highest BCUT2D eigenvalue weighted by Gasteiger charge is 2.52. The van der Waals surface area contributed by atoms with Crippen molar-refractivity contribution >= 4 is 11.8 Å².